The van der Waals surface area contributed by atoms with E-state index in [1.807, 2.05) is 0 Å². The lowest BCUT2D eigenvalue weighted by atomic mass is 9.44. The molecular formula is C34H46F2N2O13. The van der Waals surface area contributed by atoms with Gasteiger partial charge in [-0.2, -0.15) is 0 Å². The molecule has 0 aromatic heterocycles. The summed E-state index contributed by atoms with van der Waals surface area (Å²) in [7, 11) is 0. The topological polar surface area (TPSA) is 207 Å². The van der Waals surface area contributed by atoms with Crippen molar-refractivity contribution in [1.82, 2.24) is 10.7 Å². The number of Topliss-reactive ketones (excluding diaryl/α,β-unsaturated/α-hetero) is 1. The van der Waals surface area contributed by atoms with Gasteiger partial charge in [-0.25, -0.2) is 13.6 Å². The zero-order chi connectivity index (χ0) is 37.7. The largest absolute Gasteiger partial charge is 0.464 e. The Balaban J connectivity index is 1.32. The van der Waals surface area contributed by atoms with Gasteiger partial charge in [-0.1, -0.05) is 13.0 Å². The zero-order valence-corrected chi connectivity index (χ0v) is 29.2. The number of ketones is 2. The second-order valence-corrected chi connectivity index (χ2v) is 14.9. The van der Waals surface area contributed by atoms with Gasteiger partial charge < -0.3 is 29.4 Å². The fourth-order valence-corrected chi connectivity index (χ4v) is 9.34. The fraction of sp³-hybridized carbons (Fsp3) is 0.735. The maximum Gasteiger partial charge on any atom is 0.329 e. The van der Waals surface area contributed by atoms with Crippen molar-refractivity contribution in [2.24, 2.45) is 22.7 Å². The van der Waals surface area contributed by atoms with Crippen molar-refractivity contribution in [2.75, 3.05) is 19.8 Å². The molecule has 5 aliphatic rings. The van der Waals surface area contributed by atoms with Crippen LogP contribution in [0.2, 0.25) is 0 Å². The number of allylic oxidation sites excluding steroid dienone is 4. The maximum atomic E-state index is 17.6. The van der Waals surface area contributed by atoms with Crippen LogP contribution in [0.5, 0.6) is 0 Å². The van der Waals surface area contributed by atoms with Crippen molar-refractivity contribution in [3.63, 3.8) is 0 Å². The Morgan fingerprint density at radius 1 is 1.08 bits per heavy atom. The molecule has 5 rings (SSSR count). The van der Waals surface area contributed by atoms with E-state index in [4.69, 9.17) is 29.4 Å². The van der Waals surface area contributed by atoms with Crippen LogP contribution in [-0.4, -0.2) is 112 Å². The SMILES string of the molecule is CC(=O)NC(CC(=O)OCC(=O)[C@@]12OC(C)(C)O[C@@H]1C[C@H]1[C@@H]3C[C@H](F)C4=CC(=O)C=C[C@]4(C)[C@@]3(F)[C@@H](O)C[C@@]12C)C(=O)OCCCCON(O)O. The Bertz CT molecular complexity index is 1500. The van der Waals surface area contributed by atoms with E-state index < -0.39 is 112 Å². The van der Waals surface area contributed by atoms with Gasteiger partial charge in [-0.3, -0.25) is 34.4 Å². The van der Waals surface area contributed by atoms with Gasteiger partial charge in [0.25, 0.3) is 0 Å². The van der Waals surface area contributed by atoms with E-state index in [1.54, 1.807) is 20.8 Å². The van der Waals surface area contributed by atoms with Gasteiger partial charge in [0.1, 0.15) is 12.2 Å². The lowest BCUT2D eigenvalue weighted by Gasteiger charge is -2.63. The fourth-order valence-electron chi connectivity index (χ4n) is 9.34. The molecule has 1 unspecified atom stereocenters. The number of rotatable bonds is 13. The van der Waals surface area contributed by atoms with E-state index in [1.165, 1.54) is 19.1 Å². The van der Waals surface area contributed by atoms with Crippen molar-refractivity contribution in [1.29, 1.82) is 0 Å². The standard InChI is InChI=1S/C34H46F2N2O13/c1-18(39)37-24(29(44)47-10-6-7-11-49-38(45)46)15-28(43)48-17-26(42)34-27(50-30(2,3)51-34)14-20-21-13-23(35)22-12-19(40)8-9-31(22,4)33(21,36)25(41)16-32(20,34)5/h8-9,12,20-21,23-25,27,41,45-46H,6-7,10-11,13-17H2,1-5H3,(H,37,39)/t20-,21-,23-,24?,25-,27+,31-,32-,33-,34+/m0/s1. The number of nitrogens with one attached hydrogen (secondary N) is 1. The van der Waals surface area contributed by atoms with Crippen molar-refractivity contribution in [2.45, 2.75) is 115 Å². The minimum absolute atomic E-state index is 0.0332. The van der Waals surface area contributed by atoms with Gasteiger partial charge in [0.15, 0.2) is 29.4 Å². The van der Waals surface area contributed by atoms with Crippen LogP contribution in [0.4, 0.5) is 8.78 Å². The van der Waals surface area contributed by atoms with Crippen LogP contribution in [0.1, 0.15) is 73.1 Å². The van der Waals surface area contributed by atoms with Gasteiger partial charge >= 0.3 is 11.9 Å². The predicted octanol–water partition coefficient (Wildman–Crippen LogP) is 2.15. The lowest BCUT2D eigenvalue weighted by molar-refractivity contribution is -0.492. The predicted molar refractivity (Wildman–Crippen MR) is 167 cm³/mol. The third-order valence-electron chi connectivity index (χ3n) is 11.4. The molecule has 17 heteroatoms. The monoisotopic (exact) mass is 728 g/mol. The number of nitrogens with zero attached hydrogens (tertiary/aromatic N) is 1. The Kier molecular flexibility index (Phi) is 10.7. The average Bonchev–Trinajstić information content (AvgIpc) is 3.44. The average molecular weight is 729 g/mol. The molecule has 15 nitrogen and oxygen atoms in total. The number of carbonyl (C=O) groups excluding carboxylic acids is 5. The van der Waals surface area contributed by atoms with E-state index in [0.29, 0.717) is 0 Å². The molecule has 1 saturated heterocycles. The number of alkyl halides is 2. The molecular weight excluding hydrogens is 682 g/mol. The minimum atomic E-state index is -2.39. The summed E-state index contributed by atoms with van der Waals surface area (Å²) in [6, 6.07) is -1.45. The van der Waals surface area contributed by atoms with Gasteiger partial charge in [0.05, 0.1) is 37.2 Å². The maximum absolute atomic E-state index is 17.6. The molecule has 1 amide bonds. The number of esters is 2. The summed E-state index contributed by atoms with van der Waals surface area (Å²) in [6.07, 6.45) is -1.49. The Morgan fingerprint density at radius 3 is 2.43 bits per heavy atom. The number of unbranched alkanes of at least 4 members (excludes halogenated alkanes) is 1. The van der Waals surface area contributed by atoms with Crippen molar-refractivity contribution in [3.05, 3.63) is 23.8 Å². The molecule has 10 atom stereocenters. The van der Waals surface area contributed by atoms with E-state index in [0.717, 1.165) is 13.0 Å². The summed E-state index contributed by atoms with van der Waals surface area (Å²) in [5.41, 5.74) is -7.21. The number of aliphatic hydroxyl groups is 1. The van der Waals surface area contributed by atoms with Crippen LogP contribution < -0.4 is 5.32 Å². The molecule has 0 aromatic rings. The summed E-state index contributed by atoms with van der Waals surface area (Å²) in [5.74, 6) is -6.97. The number of ether oxygens (including phenoxy) is 4. The highest BCUT2D eigenvalue weighted by Gasteiger charge is 2.80. The summed E-state index contributed by atoms with van der Waals surface area (Å²) >= 11 is 0. The van der Waals surface area contributed by atoms with E-state index in [2.05, 4.69) is 10.2 Å². The number of fused-ring (bicyclic) bond motifs is 7. The number of hydrogen-bond acceptors (Lipinski definition) is 14. The highest BCUT2D eigenvalue weighted by atomic mass is 19.1. The van der Waals surface area contributed by atoms with E-state index >= 15 is 8.78 Å². The van der Waals surface area contributed by atoms with Crippen LogP contribution in [-0.2, 0) is 47.8 Å². The number of carbonyl (C=O) groups is 5. The van der Waals surface area contributed by atoms with Gasteiger partial charge in [0, 0.05) is 23.7 Å². The molecule has 4 fully saturated rings. The highest BCUT2D eigenvalue weighted by molar-refractivity contribution is 6.01. The first-order valence-corrected chi connectivity index (χ1v) is 17.0. The number of aliphatic hydroxyl groups excluding tert-OH is 1. The van der Waals surface area contributed by atoms with Crippen molar-refractivity contribution >= 4 is 29.4 Å². The molecule has 0 spiro atoms. The van der Waals surface area contributed by atoms with Crippen LogP contribution >= 0.6 is 0 Å². The number of halogens is 2. The van der Waals surface area contributed by atoms with Gasteiger partial charge in [0.2, 0.25) is 11.7 Å². The van der Waals surface area contributed by atoms with Crippen molar-refractivity contribution in [3.8, 4) is 0 Å². The van der Waals surface area contributed by atoms with Crippen LogP contribution in [0, 0.1) is 22.7 Å². The first-order chi connectivity index (χ1) is 23.7. The summed E-state index contributed by atoms with van der Waals surface area (Å²) in [6.45, 7) is 6.38. The summed E-state index contributed by atoms with van der Waals surface area (Å²) in [4.78, 5) is 68.3. The second-order valence-electron chi connectivity index (χ2n) is 14.9. The van der Waals surface area contributed by atoms with Crippen LogP contribution in [0.25, 0.3) is 0 Å². The Labute approximate surface area is 293 Å². The molecule has 0 aromatic carbocycles. The third kappa shape index (κ3) is 6.66. The van der Waals surface area contributed by atoms with E-state index in [-0.39, 0.29) is 50.9 Å². The Hall–Kier alpha value is -3.19. The quantitative estimate of drug-likeness (QED) is 0.122. The Morgan fingerprint density at radius 2 is 1.76 bits per heavy atom. The van der Waals surface area contributed by atoms with Crippen LogP contribution in [0.15, 0.2) is 23.8 Å². The summed E-state index contributed by atoms with van der Waals surface area (Å²) in [5, 5.41) is 30.6. The number of amides is 1. The van der Waals surface area contributed by atoms with Gasteiger partial charge in [-0.05, 0) is 76.5 Å². The van der Waals surface area contributed by atoms with E-state index in [9.17, 15) is 29.1 Å². The first kappa shape index (κ1) is 39.0. The molecule has 4 aliphatic carbocycles. The first-order valence-electron chi connectivity index (χ1n) is 17.0. The normalized spacial score (nSPS) is 38.1. The molecule has 284 valence electrons. The summed E-state index contributed by atoms with van der Waals surface area (Å²) < 4.78 is 56.5. The molecule has 1 heterocycles. The lowest BCUT2D eigenvalue weighted by Crippen LogP contribution is -2.71. The number of hydrogen-bond donors (Lipinski definition) is 4. The van der Waals surface area contributed by atoms with Gasteiger partial charge in [-0.15, -0.1) is 0 Å². The molecule has 51 heavy (non-hydrogen) atoms. The second kappa shape index (κ2) is 14.0. The van der Waals surface area contributed by atoms with Crippen molar-refractivity contribution < 1.29 is 72.1 Å². The third-order valence-corrected chi connectivity index (χ3v) is 11.4. The zero-order valence-electron chi connectivity index (χ0n) is 29.2. The molecule has 3 saturated carbocycles. The molecule has 4 N–H and O–H groups in total. The highest BCUT2D eigenvalue weighted by Crippen LogP contribution is 2.72. The van der Waals surface area contributed by atoms with Crippen LogP contribution in [0.3, 0.4) is 0 Å². The molecule has 1 aliphatic heterocycles. The molecule has 0 radical (unpaired) electrons. The smallest absolute Gasteiger partial charge is 0.329 e. The molecule has 0 bridgehead atoms. The minimum Gasteiger partial charge on any atom is -0.464 e.